The van der Waals surface area contributed by atoms with Gasteiger partial charge in [0.2, 0.25) is 0 Å². The molecule has 0 saturated heterocycles. The van der Waals surface area contributed by atoms with Crippen molar-refractivity contribution in [2.24, 2.45) is 5.14 Å². The minimum Gasteiger partial charge on any atom is -0.422 e. The maximum Gasteiger partial charge on any atom is 0.414 e. The third-order valence-electron chi connectivity index (χ3n) is 4.53. The molecule has 12 heteroatoms. The van der Waals surface area contributed by atoms with Crippen molar-refractivity contribution in [3.05, 3.63) is 69.3 Å². The first kappa shape index (κ1) is 25.8. The number of aryl methyl sites for hydroxylation is 1. The van der Waals surface area contributed by atoms with Crippen LogP contribution in [0.2, 0.25) is 0 Å². The van der Waals surface area contributed by atoms with Crippen molar-refractivity contribution >= 4 is 62.5 Å². The number of benzene rings is 2. The van der Waals surface area contributed by atoms with Crippen molar-refractivity contribution in [2.45, 2.75) is 13.3 Å². The maximum atomic E-state index is 14.7. The zero-order valence-electron chi connectivity index (χ0n) is 17.9. The third kappa shape index (κ3) is 5.87. The van der Waals surface area contributed by atoms with Gasteiger partial charge in [-0.3, -0.25) is 4.72 Å². The van der Waals surface area contributed by atoms with Crippen LogP contribution < -0.4 is 20.2 Å². The maximum absolute atomic E-state index is 14.7. The summed E-state index contributed by atoms with van der Waals surface area (Å²) in [7, 11) is -1.09. The molecule has 3 aromatic rings. The molecule has 2 aromatic carbocycles. The molecule has 0 spiro atoms. The van der Waals surface area contributed by atoms with E-state index in [2.05, 4.69) is 0 Å². The van der Waals surface area contributed by atoms with E-state index in [1.165, 1.54) is 43.3 Å². The van der Waals surface area contributed by atoms with Gasteiger partial charge in [0.05, 0.1) is 5.69 Å². The molecule has 0 atom stereocenters. The predicted molar refractivity (Wildman–Crippen MR) is 119 cm³/mol. The minimum absolute atomic E-state index is 0. The van der Waals surface area contributed by atoms with Crippen LogP contribution in [0.3, 0.4) is 0 Å². The fraction of sp³-hybridized carbons (Fsp3) is 0.200. The van der Waals surface area contributed by atoms with E-state index in [-0.39, 0.29) is 64.1 Å². The minimum atomic E-state index is -4.16. The van der Waals surface area contributed by atoms with Crippen molar-refractivity contribution in [3.8, 4) is 5.75 Å². The van der Waals surface area contributed by atoms with Crippen LogP contribution in [0.5, 0.6) is 5.75 Å². The summed E-state index contributed by atoms with van der Waals surface area (Å²) in [5.41, 5.74) is 0.0407. The van der Waals surface area contributed by atoms with Crippen LogP contribution in [-0.2, 0) is 16.6 Å². The van der Waals surface area contributed by atoms with Crippen LogP contribution in [0, 0.1) is 12.7 Å². The van der Waals surface area contributed by atoms with Crippen LogP contribution in [0.15, 0.2) is 45.6 Å². The van der Waals surface area contributed by atoms with Crippen molar-refractivity contribution < 1.29 is 26.8 Å². The molecule has 0 aliphatic rings. The Labute approximate surface area is 205 Å². The fourth-order valence-corrected chi connectivity index (χ4v) is 3.44. The summed E-state index contributed by atoms with van der Waals surface area (Å²) in [6, 6.07) is 8.69. The average Bonchev–Trinajstić information content (AvgIpc) is 2.66. The molecule has 9 nitrogen and oxygen atoms in total. The third-order valence-corrected chi connectivity index (χ3v) is 5.03. The van der Waals surface area contributed by atoms with Crippen LogP contribution in [0.4, 0.5) is 14.9 Å². The Bertz CT molecular complexity index is 1340. The summed E-state index contributed by atoms with van der Waals surface area (Å²) in [4.78, 5) is 25.6. The topological polar surface area (TPSA) is 132 Å². The van der Waals surface area contributed by atoms with E-state index in [1.807, 2.05) is 4.72 Å². The van der Waals surface area contributed by atoms with Crippen molar-refractivity contribution in [3.63, 3.8) is 0 Å². The number of hydrogen-bond donors (Lipinski definition) is 2. The fourth-order valence-electron chi connectivity index (χ4n) is 2.97. The molecule has 3 rings (SSSR count). The molecule has 1 amide bonds. The van der Waals surface area contributed by atoms with Crippen LogP contribution in [-0.4, -0.2) is 63.1 Å². The summed E-state index contributed by atoms with van der Waals surface area (Å²) in [5, 5.41) is 5.49. The number of carbonyl (C=O) groups excluding carboxylic acids is 1. The molecule has 3 N–H and O–H groups in total. The van der Waals surface area contributed by atoms with E-state index in [0.29, 0.717) is 10.9 Å². The van der Waals surface area contributed by atoms with Gasteiger partial charge in [0.15, 0.2) is 5.82 Å². The number of anilines is 1. The molecule has 1 aromatic heterocycles. The summed E-state index contributed by atoms with van der Waals surface area (Å²) < 4.78 is 49.6. The number of nitrogens with two attached hydrogens (primary N) is 1. The normalized spacial score (nSPS) is 11.0. The van der Waals surface area contributed by atoms with Gasteiger partial charge in [0.1, 0.15) is 11.3 Å². The quantitative estimate of drug-likeness (QED) is 0.432. The average molecular weight is 472 g/mol. The number of amides is 1. The van der Waals surface area contributed by atoms with Crippen molar-refractivity contribution in [1.82, 2.24) is 4.90 Å². The first-order valence-electron chi connectivity index (χ1n) is 8.99. The number of nitrogens with zero attached hydrogens (tertiary/aromatic N) is 1. The van der Waals surface area contributed by atoms with Gasteiger partial charge in [-0.15, -0.1) is 0 Å². The Hall–Kier alpha value is -2.44. The molecular weight excluding hydrogens is 452 g/mol. The van der Waals surface area contributed by atoms with Gasteiger partial charge in [-0.05, 0) is 36.2 Å². The van der Waals surface area contributed by atoms with Crippen molar-refractivity contribution in [2.75, 3.05) is 18.8 Å². The van der Waals surface area contributed by atoms with E-state index in [4.69, 9.17) is 14.3 Å². The second-order valence-electron chi connectivity index (χ2n) is 7.02. The molecule has 1 heterocycles. The molecule has 165 valence electrons. The number of ether oxygens (including phenoxy) is 1. The number of carbonyl (C=O) groups is 1. The van der Waals surface area contributed by atoms with Gasteiger partial charge in [-0.2, -0.15) is 8.42 Å². The number of hydrogen-bond acceptors (Lipinski definition) is 6. The molecule has 0 unspecified atom stereocenters. The van der Waals surface area contributed by atoms with Gasteiger partial charge in [0.25, 0.3) is 10.2 Å². The van der Waals surface area contributed by atoms with Crippen molar-refractivity contribution in [1.29, 1.82) is 0 Å². The first-order chi connectivity index (χ1) is 14.5. The smallest absolute Gasteiger partial charge is 0.414 e. The molecule has 32 heavy (non-hydrogen) atoms. The van der Waals surface area contributed by atoms with Gasteiger partial charge >= 0.3 is 11.7 Å². The number of halogens is 1. The zero-order chi connectivity index (χ0) is 22.9. The van der Waals surface area contributed by atoms with Crippen LogP contribution >= 0.6 is 0 Å². The largest absolute Gasteiger partial charge is 0.422 e. The summed E-state index contributed by atoms with van der Waals surface area (Å²) >= 11 is 0. The standard InChI is InChI=1S/C20H20FN3O6S.Na/c1-11-14-8-7-13(29-20(26)24(2)3)10-17(14)30-19(25)15(11)9-12-5-4-6-16(18(12)21)23-31(22,27)28;/h4-8,10,23H,9H2,1-3H3,(H2,22,27,28);. The van der Waals surface area contributed by atoms with E-state index >= 15 is 0 Å². The second-order valence-corrected chi connectivity index (χ2v) is 8.31. The monoisotopic (exact) mass is 472 g/mol. The number of rotatable bonds is 5. The van der Waals surface area contributed by atoms with Gasteiger partial charge in [-0.1, -0.05) is 12.1 Å². The summed E-state index contributed by atoms with van der Waals surface area (Å²) in [6.45, 7) is 1.68. The SMILES string of the molecule is Cc1c(Cc2cccc(NS(N)(=O)=O)c2F)c(=O)oc2cc(OC(=O)N(C)C)ccc12.[Na]. The number of nitrogens with one attached hydrogen (secondary N) is 1. The van der Waals surface area contributed by atoms with E-state index < -0.39 is 27.7 Å². The Morgan fingerprint density at radius 3 is 2.56 bits per heavy atom. The van der Waals surface area contributed by atoms with Gasteiger partial charge < -0.3 is 14.1 Å². The van der Waals surface area contributed by atoms with Crippen LogP contribution in [0.1, 0.15) is 16.7 Å². The Morgan fingerprint density at radius 2 is 1.94 bits per heavy atom. The second kappa shape index (κ2) is 10.0. The summed E-state index contributed by atoms with van der Waals surface area (Å²) in [5.74, 6) is -0.643. The molecular formula is C20H20FN3NaO6S. The predicted octanol–water partition coefficient (Wildman–Crippen LogP) is 2.13. The Balaban J connectivity index is 0.00000363. The molecule has 0 aliphatic carbocycles. The molecule has 0 aliphatic heterocycles. The van der Waals surface area contributed by atoms with Crippen LogP contribution in [0.25, 0.3) is 11.0 Å². The van der Waals surface area contributed by atoms with Gasteiger partial charge in [0, 0.05) is 67.1 Å². The summed E-state index contributed by atoms with van der Waals surface area (Å²) in [6.07, 6.45) is -0.716. The van der Waals surface area contributed by atoms with Gasteiger partial charge in [-0.25, -0.2) is 19.1 Å². The number of fused-ring (bicyclic) bond motifs is 1. The van der Waals surface area contributed by atoms with E-state index in [1.54, 1.807) is 19.1 Å². The Morgan fingerprint density at radius 1 is 1.25 bits per heavy atom. The molecule has 0 bridgehead atoms. The molecule has 0 fully saturated rings. The van der Waals surface area contributed by atoms with E-state index in [0.717, 1.165) is 0 Å². The molecule has 0 saturated carbocycles. The van der Waals surface area contributed by atoms with E-state index in [9.17, 15) is 22.4 Å². The zero-order valence-corrected chi connectivity index (χ0v) is 20.7. The molecule has 1 radical (unpaired) electrons. The Kier molecular flexibility index (Phi) is 8.07. The first-order valence-corrected chi connectivity index (χ1v) is 10.5.